The van der Waals surface area contributed by atoms with Crippen molar-refractivity contribution in [1.82, 2.24) is 4.90 Å². The molecule has 0 fully saturated rings. The Morgan fingerprint density at radius 1 is 0.893 bits per heavy atom. The van der Waals surface area contributed by atoms with E-state index < -0.39 is 18.0 Å². The molecule has 7 nitrogen and oxygen atoms in total. The monoisotopic (exact) mass is 386 g/mol. The van der Waals surface area contributed by atoms with Gasteiger partial charge in [0, 0.05) is 20.5 Å². The van der Waals surface area contributed by atoms with E-state index in [2.05, 4.69) is 0 Å². The van der Waals surface area contributed by atoms with Crippen molar-refractivity contribution in [3.63, 3.8) is 0 Å². The zero-order chi connectivity index (χ0) is 21.1. The molecule has 28 heavy (non-hydrogen) atoms. The molecule has 0 aliphatic rings. The zero-order valence-corrected chi connectivity index (χ0v) is 16.0. The summed E-state index contributed by atoms with van der Waals surface area (Å²) in [6, 6.07) is 18.7. The van der Waals surface area contributed by atoms with E-state index in [0.29, 0.717) is 0 Å². The van der Waals surface area contributed by atoms with Gasteiger partial charge in [0.1, 0.15) is 6.04 Å². The third-order valence-corrected chi connectivity index (χ3v) is 3.94. The summed E-state index contributed by atoms with van der Waals surface area (Å²) in [6.45, 7) is 0. The number of amides is 1. The maximum atomic E-state index is 12.4. The average Bonchev–Trinajstić information content (AvgIpc) is 2.68. The minimum Gasteiger partial charge on any atom is -0.481 e. The van der Waals surface area contributed by atoms with Crippen LogP contribution in [0.25, 0.3) is 0 Å². The highest BCUT2D eigenvalue weighted by Gasteiger charge is 2.23. The molecular weight excluding hydrogens is 360 g/mol. The lowest BCUT2D eigenvalue weighted by molar-refractivity contribution is -0.140. The number of likely N-dealkylation sites (N-methyl/N-ethyl adjacent to an activating group) is 1. The third kappa shape index (κ3) is 7.59. The summed E-state index contributed by atoms with van der Waals surface area (Å²) in [5.74, 6) is -2.31. The number of carboxylic acid groups (broad SMARTS) is 2. The van der Waals surface area contributed by atoms with Gasteiger partial charge in [0.2, 0.25) is 5.91 Å². The Morgan fingerprint density at radius 2 is 1.32 bits per heavy atom. The van der Waals surface area contributed by atoms with Gasteiger partial charge in [-0.3, -0.25) is 14.4 Å². The van der Waals surface area contributed by atoms with Crippen molar-refractivity contribution >= 4 is 17.8 Å². The van der Waals surface area contributed by atoms with Gasteiger partial charge in [0.15, 0.2) is 0 Å². The average molecular weight is 386 g/mol. The van der Waals surface area contributed by atoms with Crippen LogP contribution in [0.4, 0.5) is 0 Å². The molecule has 2 rings (SSSR count). The van der Waals surface area contributed by atoms with Gasteiger partial charge in [-0.25, -0.2) is 0 Å². The highest BCUT2D eigenvalue weighted by molar-refractivity contribution is 5.86. The minimum atomic E-state index is -1.17. The van der Waals surface area contributed by atoms with Crippen molar-refractivity contribution in [3.05, 3.63) is 71.8 Å². The molecule has 0 aliphatic heterocycles. The number of carbonyl (C=O) groups is 3. The number of nitrogens with two attached hydrogens (primary N) is 1. The molecule has 1 amide bonds. The predicted octanol–water partition coefficient (Wildman–Crippen LogP) is 2.17. The van der Waals surface area contributed by atoms with Crippen LogP contribution in [0, 0.1) is 0 Å². The van der Waals surface area contributed by atoms with E-state index in [1.54, 1.807) is 19.0 Å². The molecule has 0 spiro atoms. The quantitative estimate of drug-likeness (QED) is 0.671. The number of nitrogens with zero attached hydrogens (tertiary/aromatic N) is 1. The van der Waals surface area contributed by atoms with Gasteiger partial charge in [0.05, 0.1) is 5.92 Å². The number of benzene rings is 2. The lowest BCUT2D eigenvalue weighted by Crippen LogP contribution is -2.30. The van der Waals surface area contributed by atoms with Gasteiger partial charge < -0.3 is 20.8 Å². The SMILES string of the molecule is CN(C)C(=O)C(c1ccccc1)c1ccccc1.N[C@@H](CCC(=O)O)C(=O)O. The molecule has 0 radical (unpaired) electrons. The molecule has 150 valence electrons. The third-order valence-electron chi connectivity index (χ3n) is 3.94. The van der Waals surface area contributed by atoms with Gasteiger partial charge in [-0.2, -0.15) is 0 Å². The molecule has 2 aromatic rings. The van der Waals surface area contributed by atoms with Crippen molar-refractivity contribution in [1.29, 1.82) is 0 Å². The molecule has 0 heterocycles. The first kappa shape index (κ1) is 22.9. The van der Waals surface area contributed by atoms with Crippen molar-refractivity contribution in [2.24, 2.45) is 5.73 Å². The van der Waals surface area contributed by atoms with Crippen LogP contribution in [0.1, 0.15) is 29.9 Å². The van der Waals surface area contributed by atoms with Crippen molar-refractivity contribution < 1.29 is 24.6 Å². The molecular formula is C21H26N2O5. The first-order valence-electron chi connectivity index (χ1n) is 8.75. The van der Waals surface area contributed by atoms with Crippen LogP contribution in [0.2, 0.25) is 0 Å². The van der Waals surface area contributed by atoms with Crippen LogP contribution in [0.5, 0.6) is 0 Å². The Bertz CT molecular complexity index is 723. The summed E-state index contributed by atoms with van der Waals surface area (Å²) in [4.78, 5) is 33.9. The fourth-order valence-corrected chi connectivity index (χ4v) is 2.43. The van der Waals surface area contributed by atoms with Crippen molar-refractivity contribution in [2.45, 2.75) is 24.8 Å². The van der Waals surface area contributed by atoms with E-state index in [-0.39, 0.29) is 24.7 Å². The number of carbonyl (C=O) groups excluding carboxylic acids is 1. The smallest absolute Gasteiger partial charge is 0.320 e. The summed E-state index contributed by atoms with van der Waals surface area (Å²) < 4.78 is 0. The van der Waals surface area contributed by atoms with Crippen LogP contribution >= 0.6 is 0 Å². The van der Waals surface area contributed by atoms with Crippen LogP contribution in [-0.4, -0.2) is 53.1 Å². The Hall–Kier alpha value is -3.19. The zero-order valence-electron chi connectivity index (χ0n) is 16.0. The molecule has 1 atom stereocenters. The molecule has 0 aromatic heterocycles. The van der Waals surface area contributed by atoms with E-state index in [1.165, 1.54) is 0 Å². The van der Waals surface area contributed by atoms with Gasteiger partial charge in [-0.15, -0.1) is 0 Å². The number of carboxylic acids is 2. The molecule has 4 N–H and O–H groups in total. The standard InChI is InChI=1S/C16H17NO.C5H9NO4/c1-17(2)16(18)15(13-9-5-3-6-10-13)14-11-7-4-8-12-14;6-3(5(9)10)1-2-4(7)8/h3-12,15H,1-2H3;3H,1-2,6H2,(H,7,8)(H,9,10)/t;3-/m.0/s1. The summed E-state index contributed by atoms with van der Waals surface area (Å²) in [6.07, 6.45) is -0.224. The van der Waals surface area contributed by atoms with Gasteiger partial charge in [-0.05, 0) is 17.5 Å². The number of hydrogen-bond donors (Lipinski definition) is 3. The molecule has 0 saturated heterocycles. The number of hydrogen-bond acceptors (Lipinski definition) is 4. The summed E-state index contributed by atoms with van der Waals surface area (Å²) in [7, 11) is 3.59. The fraction of sp³-hybridized carbons (Fsp3) is 0.286. The van der Waals surface area contributed by atoms with E-state index in [0.717, 1.165) is 11.1 Å². The largest absolute Gasteiger partial charge is 0.481 e. The second-order valence-electron chi connectivity index (χ2n) is 6.36. The molecule has 2 aromatic carbocycles. The highest BCUT2D eigenvalue weighted by Crippen LogP contribution is 2.25. The molecule has 0 saturated carbocycles. The fourth-order valence-electron chi connectivity index (χ4n) is 2.43. The molecule has 0 unspecified atom stereocenters. The Kier molecular flexibility index (Phi) is 9.39. The summed E-state index contributed by atoms with van der Waals surface area (Å²) in [5.41, 5.74) is 7.06. The lowest BCUT2D eigenvalue weighted by atomic mass is 9.90. The molecule has 0 bridgehead atoms. The second kappa shape index (κ2) is 11.5. The van der Waals surface area contributed by atoms with Gasteiger partial charge in [-0.1, -0.05) is 60.7 Å². The minimum absolute atomic E-state index is 0.0231. The Balaban J connectivity index is 0.000000336. The first-order valence-corrected chi connectivity index (χ1v) is 8.75. The Labute approximate surface area is 164 Å². The molecule has 0 aliphatic carbocycles. The van der Waals surface area contributed by atoms with Crippen LogP contribution in [0.15, 0.2) is 60.7 Å². The topological polar surface area (TPSA) is 121 Å². The second-order valence-corrected chi connectivity index (χ2v) is 6.36. The summed E-state index contributed by atoms with van der Waals surface area (Å²) in [5, 5.41) is 16.3. The highest BCUT2D eigenvalue weighted by atomic mass is 16.4. The first-order chi connectivity index (χ1) is 13.2. The van der Waals surface area contributed by atoms with E-state index >= 15 is 0 Å². The van der Waals surface area contributed by atoms with E-state index in [1.807, 2.05) is 60.7 Å². The lowest BCUT2D eigenvalue weighted by Gasteiger charge is -2.21. The van der Waals surface area contributed by atoms with Crippen LogP contribution < -0.4 is 5.73 Å². The normalized spacial score (nSPS) is 11.1. The predicted molar refractivity (Wildman–Crippen MR) is 106 cm³/mol. The van der Waals surface area contributed by atoms with E-state index in [4.69, 9.17) is 15.9 Å². The van der Waals surface area contributed by atoms with E-state index in [9.17, 15) is 14.4 Å². The number of aliphatic carboxylic acids is 2. The maximum Gasteiger partial charge on any atom is 0.320 e. The van der Waals surface area contributed by atoms with Gasteiger partial charge >= 0.3 is 11.9 Å². The van der Waals surface area contributed by atoms with Crippen molar-refractivity contribution in [3.8, 4) is 0 Å². The summed E-state index contributed by atoms with van der Waals surface area (Å²) >= 11 is 0. The molecule has 7 heteroatoms. The number of rotatable bonds is 7. The van der Waals surface area contributed by atoms with Gasteiger partial charge in [0.25, 0.3) is 0 Å². The van der Waals surface area contributed by atoms with Crippen LogP contribution in [0.3, 0.4) is 0 Å². The van der Waals surface area contributed by atoms with Crippen LogP contribution in [-0.2, 0) is 14.4 Å². The van der Waals surface area contributed by atoms with Crippen molar-refractivity contribution in [2.75, 3.05) is 14.1 Å². The Morgan fingerprint density at radius 3 is 1.64 bits per heavy atom. The maximum absolute atomic E-state index is 12.4.